The molecule has 1 aromatic carbocycles. The van der Waals surface area contributed by atoms with Crippen molar-refractivity contribution in [2.75, 3.05) is 7.11 Å². The molecule has 2 rings (SSSR count). The van der Waals surface area contributed by atoms with Crippen LogP contribution in [0.5, 0.6) is 5.75 Å². The minimum atomic E-state index is -0.388. The minimum absolute atomic E-state index is 0.221. The Bertz CT molecular complexity index is 675. The first-order valence-electron chi connectivity index (χ1n) is 5.63. The molecular weight excluding hydrogens is 342 g/mol. The molecule has 0 N–H and O–H groups in total. The maximum Gasteiger partial charge on any atom is 0.339 e. The number of hydrogen-bond acceptors (Lipinski definition) is 5. The Hall–Kier alpha value is -1.84. The van der Waals surface area contributed by atoms with Crippen molar-refractivity contribution in [1.82, 2.24) is 0 Å². The second-order valence-corrected chi connectivity index (χ2v) is 5.71. The fraction of sp³-hybridized carbons (Fsp3) is 0.143. The fourth-order valence-corrected chi connectivity index (χ4v) is 2.74. The number of carbonyl (C=O) groups is 1. The summed E-state index contributed by atoms with van der Waals surface area (Å²) < 4.78 is 11.1. The molecule has 0 saturated carbocycles. The monoisotopic (exact) mass is 351 g/mol. The van der Waals surface area contributed by atoms with Crippen molar-refractivity contribution < 1.29 is 14.3 Å². The molecule has 0 bridgehead atoms. The Kier molecular flexibility index (Phi) is 4.77. The lowest BCUT2D eigenvalue weighted by atomic mass is 10.2. The van der Waals surface area contributed by atoms with E-state index in [1.54, 1.807) is 29.6 Å². The molecule has 0 unspecified atom stereocenters. The number of benzene rings is 1. The van der Waals surface area contributed by atoms with Gasteiger partial charge in [0, 0.05) is 4.47 Å². The van der Waals surface area contributed by atoms with Crippen molar-refractivity contribution >= 4 is 33.2 Å². The molecule has 0 aliphatic heterocycles. The van der Waals surface area contributed by atoms with Crippen molar-refractivity contribution in [1.29, 1.82) is 5.26 Å². The van der Waals surface area contributed by atoms with Gasteiger partial charge in [-0.3, -0.25) is 0 Å². The van der Waals surface area contributed by atoms with Crippen LogP contribution in [0.2, 0.25) is 0 Å². The topological polar surface area (TPSA) is 59.3 Å². The van der Waals surface area contributed by atoms with Gasteiger partial charge in [0.25, 0.3) is 0 Å². The van der Waals surface area contributed by atoms with Crippen LogP contribution in [-0.2, 0) is 11.3 Å². The number of methoxy groups -OCH3 is 1. The molecule has 0 spiro atoms. The molecule has 20 heavy (non-hydrogen) atoms. The van der Waals surface area contributed by atoms with Crippen LogP contribution in [0.4, 0.5) is 0 Å². The van der Waals surface area contributed by atoms with E-state index in [0.717, 1.165) is 9.35 Å². The number of nitriles is 1. The van der Waals surface area contributed by atoms with Crippen LogP contribution in [0, 0.1) is 11.3 Å². The molecule has 0 atom stereocenters. The Morgan fingerprint density at radius 1 is 1.45 bits per heavy atom. The van der Waals surface area contributed by atoms with Gasteiger partial charge in [-0.05, 0) is 29.6 Å². The van der Waals surface area contributed by atoms with Crippen LogP contribution in [0.3, 0.4) is 0 Å². The second kappa shape index (κ2) is 6.55. The summed E-state index contributed by atoms with van der Waals surface area (Å²) >= 11 is 4.71. The first-order chi connectivity index (χ1) is 9.65. The van der Waals surface area contributed by atoms with Gasteiger partial charge in [0.2, 0.25) is 0 Å². The average molecular weight is 352 g/mol. The number of carbonyl (C=O) groups excluding carboxylic acids is 1. The highest BCUT2D eigenvalue weighted by Gasteiger charge is 2.14. The Morgan fingerprint density at radius 2 is 2.25 bits per heavy atom. The van der Waals surface area contributed by atoms with Crippen molar-refractivity contribution in [2.24, 2.45) is 0 Å². The van der Waals surface area contributed by atoms with E-state index in [1.165, 1.54) is 18.4 Å². The smallest absolute Gasteiger partial charge is 0.339 e. The summed E-state index contributed by atoms with van der Waals surface area (Å²) in [6.07, 6.45) is 0. The van der Waals surface area contributed by atoms with Crippen LogP contribution in [0.25, 0.3) is 0 Å². The summed E-state index contributed by atoms with van der Waals surface area (Å²) in [5.41, 5.74) is 0.934. The van der Waals surface area contributed by atoms with Crippen molar-refractivity contribution in [3.8, 4) is 11.8 Å². The summed E-state index contributed by atoms with van der Waals surface area (Å²) in [4.78, 5) is 12.3. The maximum absolute atomic E-state index is 11.5. The molecule has 2 aromatic rings. The Balaban J connectivity index is 2.16. The van der Waals surface area contributed by atoms with E-state index in [1.807, 2.05) is 0 Å². The molecule has 1 aromatic heterocycles. The highest BCUT2D eigenvalue weighted by atomic mass is 79.9. The van der Waals surface area contributed by atoms with Gasteiger partial charge >= 0.3 is 5.97 Å². The first kappa shape index (κ1) is 14.6. The molecule has 0 aliphatic carbocycles. The third-order valence-electron chi connectivity index (χ3n) is 2.57. The standard InChI is InChI=1S/C14H10BrNO3S/c1-18-14(17)11-4-5-20-13(11)8-19-12-3-2-10(15)6-9(12)7-16/h2-6H,8H2,1H3. The van der Waals surface area contributed by atoms with Crippen LogP contribution < -0.4 is 4.74 Å². The summed E-state index contributed by atoms with van der Waals surface area (Å²) in [5, 5.41) is 10.9. The van der Waals surface area contributed by atoms with E-state index < -0.39 is 0 Å². The van der Waals surface area contributed by atoms with Gasteiger partial charge in [-0.1, -0.05) is 15.9 Å². The van der Waals surface area contributed by atoms with E-state index in [-0.39, 0.29) is 12.6 Å². The van der Waals surface area contributed by atoms with Gasteiger partial charge in [-0.15, -0.1) is 11.3 Å². The van der Waals surface area contributed by atoms with E-state index in [0.29, 0.717) is 16.9 Å². The van der Waals surface area contributed by atoms with Gasteiger partial charge in [0.1, 0.15) is 18.4 Å². The molecule has 0 fully saturated rings. The van der Waals surface area contributed by atoms with Gasteiger partial charge in [-0.2, -0.15) is 5.26 Å². The third kappa shape index (κ3) is 3.18. The molecule has 4 nitrogen and oxygen atoms in total. The maximum atomic E-state index is 11.5. The van der Waals surface area contributed by atoms with Crippen LogP contribution in [0.1, 0.15) is 20.8 Å². The van der Waals surface area contributed by atoms with E-state index in [9.17, 15) is 4.79 Å². The number of hydrogen-bond donors (Lipinski definition) is 0. The predicted molar refractivity (Wildman–Crippen MR) is 78.8 cm³/mol. The fourth-order valence-electron chi connectivity index (χ4n) is 1.60. The lowest BCUT2D eigenvalue weighted by molar-refractivity contribution is 0.0598. The summed E-state index contributed by atoms with van der Waals surface area (Å²) in [6, 6.07) is 8.97. The first-order valence-corrected chi connectivity index (χ1v) is 7.30. The number of nitrogens with zero attached hydrogens (tertiary/aromatic N) is 1. The predicted octanol–water partition coefficient (Wildman–Crippen LogP) is 3.75. The molecule has 1 heterocycles. The van der Waals surface area contributed by atoms with Gasteiger partial charge < -0.3 is 9.47 Å². The largest absolute Gasteiger partial charge is 0.487 e. The number of halogens is 1. The van der Waals surface area contributed by atoms with Crippen molar-refractivity contribution in [2.45, 2.75) is 6.61 Å². The van der Waals surface area contributed by atoms with Gasteiger partial charge in [0.15, 0.2) is 0 Å². The molecule has 0 amide bonds. The molecular formula is C14H10BrNO3S. The number of esters is 1. The minimum Gasteiger partial charge on any atom is -0.487 e. The third-order valence-corrected chi connectivity index (χ3v) is 3.96. The average Bonchev–Trinajstić information content (AvgIpc) is 2.93. The lowest BCUT2D eigenvalue weighted by Crippen LogP contribution is -2.05. The zero-order valence-corrected chi connectivity index (χ0v) is 13.0. The van der Waals surface area contributed by atoms with Crippen LogP contribution >= 0.6 is 27.3 Å². The van der Waals surface area contributed by atoms with Crippen LogP contribution in [-0.4, -0.2) is 13.1 Å². The van der Waals surface area contributed by atoms with Crippen LogP contribution in [0.15, 0.2) is 34.1 Å². The van der Waals surface area contributed by atoms with Gasteiger partial charge in [-0.25, -0.2) is 4.79 Å². The van der Waals surface area contributed by atoms with Crippen molar-refractivity contribution in [3.63, 3.8) is 0 Å². The van der Waals surface area contributed by atoms with E-state index >= 15 is 0 Å². The SMILES string of the molecule is COC(=O)c1ccsc1COc1ccc(Br)cc1C#N. The lowest BCUT2D eigenvalue weighted by Gasteiger charge is -2.08. The highest BCUT2D eigenvalue weighted by Crippen LogP contribution is 2.25. The number of thiophene rings is 1. The Labute approximate surface area is 128 Å². The quantitative estimate of drug-likeness (QED) is 0.787. The second-order valence-electron chi connectivity index (χ2n) is 3.79. The van der Waals surface area contributed by atoms with Crippen molar-refractivity contribution in [3.05, 3.63) is 50.1 Å². The molecule has 0 saturated heterocycles. The summed E-state index contributed by atoms with van der Waals surface area (Å²) in [5.74, 6) is 0.0982. The molecule has 0 radical (unpaired) electrons. The zero-order valence-electron chi connectivity index (χ0n) is 10.6. The summed E-state index contributed by atoms with van der Waals surface area (Å²) in [7, 11) is 1.34. The Morgan fingerprint density at radius 3 is 2.95 bits per heavy atom. The van der Waals surface area contributed by atoms with E-state index in [2.05, 4.69) is 22.0 Å². The molecule has 0 aliphatic rings. The molecule has 6 heteroatoms. The summed E-state index contributed by atoms with van der Waals surface area (Å²) in [6.45, 7) is 0.221. The zero-order chi connectivity index (χ0) is 14.5. The molecule has 102 valence electrons. The highest BCUT2D eigenvalue weighted by molar-refractivity contribution is 9.10. The number of rotatable bonds is 4. The number of ether oxygens (including phenoxy) is 2. The van der Waals surface area contributed by atoms with Gasteiger partial charge in [0.05, 0.1) is 23.1 Å². The van der Waals surface area contributed by atoms with E-state index in [4.69, 9.17) is 14.7 Å². The normalized spacial score (nSPS) is 9.85.